The van der Waals surface area contributed by atoms with E-state index in [9.17, 15) is 4.79 Å². The van der Waals surface area contributed by atoms with Crippen LogP contribution in [0.4, 0.5) is 0 Å². The van der Waals surface area contributed by atoms with Gasteiger partial charge in [0.05, 0.1) is 0 Å². The Hall–Kier alpha value is -1.01. The zero-order chi connectivity index (χ0) is 12.3. The molecule has 0 aliphatic heterocycles. The van der Waals surface area contributed by atoms with Gasteiger partial charge in [0.2, 0.25) is 0 Å². The third-order valence-corrected chi connectivity index (χ3v) is 1.93. The molecule has 0 atom stereocenters. The summed E-state index contributed by atoms with van der Waals surface area (Å²) in [5, 5.41) is 0. The van der Waals surface area contributed by atoms with Gasteiger partial charge in [0.1, 0.15) is 6.26 Å². The van der Waals surface area contributed by atoms with Crippen LogP contribution in [0.15, 0.2) is 17.6 Å². The molecule has 0 rings (SSSR count). The van der Waals surface area contributed by atoms with Crippen molar-refractivity contribution in [3.8, 4) is 0 Å². The smallest absolute Gasteiger partial charge is 0.308 e. The molecular formula is C13H22O2. The molecule has 0 N–H and O–H groups in total. The van der Waals surface area contributed by atoms with Crippen molar-refractivity contribution < 1.29 is 9.53 Å². The van der Waals surface area contributed by atoms with Crippen LogP contribution < -0.4 is 0 Å². The van der Waals surface area contributed by atoms with Gasteiger partial charge in [-0.2, -0.15) is 0 Å². The van der Waals surface area contributed by atoms with Crippen LogP contribution in [-0.2, 0) is 9.53 Å². The van der Waals surface area contributed by atoms with Gasteiger partial charge in [0, 0.05) is 6.92 Å². The molecule has 0 bridgehead atoms. The summed E-state index contributed by atoms with van der Waals surface area (Å²) in [6.07, 6.45) is 1.36. The summed E-state index contributed by atoms with van der Waals surface area (Å²) in [6, 6.07) is 0. The molecule has 0 saturated carbocycles. The molecule has 0 saturated heterocycles. The van der Waals surface area contributed by atoms with Crippen LogP contribution >= 0.6 is 0 Å². The molecule has 0 radical (unpaired) electrons. The Kier molecular flexibility index (Phi) is 4.36. The fourth-order valence-electron chi connectivity index (χ4n) is 1.73. The van der Waals surface area contributed by atoms with Gasteiger partial charge in [-0.25, -0.2) is 0 Å². The van der Waals surface area contributed by atoms with E-state index in [1.165, 1.54) is 13.2 Å². The van der Waals surface area contributed by atoms with Crippen LogP contribution in [0.2, 0.25) is 0 Å². The first kappa shape index (κ1) is 14.0. The second-order valence-electron chi connectivity index (χ2n) is 5.75. The van der Waals surface area contributed by atoms with Crippen LogP contribution in [0.3, 0.4) is 0 Å². The molecule has 0 aromatic carbocycles. The Morgan fingerprint density at radius 1 is 1.07 bits per heavy atom. The fourth-order valence-corrected chi connectivity index (χ4v) is 1.73. The largest absolute Gasteiger partial charge is 0.426 e. The first-order chi connectivity index (χ1) is 6.55. The average molecular weight is 210 g/mol. The number of esters is 1. The molecule has 0 aliphatic rings. The molecule has 15 heavy (non-hydrogen) atoms. The predicted octanol–water partition coefficient (Wildman–Crippen LogP) is 3.68. The number of rotatable bonds is 1. The van der Waals surface area contributed by atoms with Gasteiger partial charge < -0.3 is 4.74 Å². The molecule has 86 valence electrons. The van der Waals surface area contributed by atoms with Gasteiger partial charge in [0.15, 0.2) is 0 Å². The minimum atomic E-state index is -0.315. The first-order valence-electron chi connectivity index (χ1n) is 5.18. The van der Waals surface area contributed by atoms with Gasteiger partial charge >= 0.3 is 5.97 Å². The Labute approximate surface area is 93.0 Å². The Bertz CT molecular complexity index is 275. The van der Waals surface area contributed by atoms with Crippen molar-refractivity contribution in [2.75, 3.05) is 0 Å². The number of allylic oxidation sites excluding steroid dienone is 1. The van der Waals surface area contributed by atoms with E-state index in [1.54, 1.807) is 0 Å². The molecule has 0 spiro atoms. The van der Waals surface area contributed by atoms with E-state index in [4.69, 9.17) is 4.74 Å². The van der Waals surface area contributed by atoms with E-state index in [0.29, 0.717) is 0 Å². The van der Waals surface area contributed by atoms with E-state index >= 15 is 0 Å². The highest BCUT2D eigenvalue weighted by Crippen LogP contribution is 2.38. The highest BCUT2D eigenvalue weighted by molar-refractivity contribution is 5.66. The summed E-state index contributed by atoms with van der Waals surface area (Å²) in [6.45, 7) is 14.1. The first-order valence-corrected chi connectivity index (χ1v) is 5.18. The quantitative estimate of drug-likeness (QED) is 0.375. The lowest BCUT2D eigenvalue weighted by atomic mass is 9.72. The SMILES string of the molecule is CC(=O)OC=C=C(C(C)(C)C)C(C)(C)C. The van der Waals surface area contributed by atoms with Crippen molar-refractivity contribution >= 4 is 5.97 Å². The van der Waals surface area contributed by atoms with Gasteiger partial charge in [-0.15, -0.1) is 0 Å². The van der Waals surface area contributed by atoms with Gasteiger partial charge in [0.25, 0.3) is 0 Å². The molecule has 0 aromatic heterocycles. The molecule has 2 heteroatoms. The van der Waals surface area contributed by atoms with Crippen LogP contribution in [0.5, 0.6) is 0 Å². The summed E-state index contributed by atoms with van der Waals surface area (Å²) >= 11 is 0. The number of hydrogen-bond donors (Lipinski definition) is 0. The molecule has 0 unspecified atom stereocenters. The summed E-state index contributed by atoms with van der Waals surface area (Å²) in [4.78, 5) is 10.6. The third kappa shape index (κ3) is 5.44. The van der Waals surface area contributed by atoms with Crippen molar-refractivity contribution in [1.29, 1.82) is 0 Å². The fraction of sp³-hybridized carbons (Fsp3) is 0.692. The van der Waals surface area contributed by atoms with Crippen molar-refractivity contribution in [2.24, 2.45) is 10.8 Å². The van der Waals surface area contributed by atoms with E-state index in [0.717, 1.165) is 5.57 Å². The van der Waals surface area contributed by atoms with Gasteiger partial charge in [-0.1, -0.05) is 47.3 Å². The highest BCUT2D eigenvalue weighted by atomic mass is 16.5. The lowest BCUT2D eigenvalue weighted by Gasteiger charge is -2.31. The minimum Gasteiger partial charge on any atom is -0.426 e. The molecule has 0 fully saturated rings. The minimum absolute atomic E-state index is 0.0227. The summed E-state index contributed by atoms with van der Waals surface area (Å²) < 4.78 is 4.77. The number of carbonyl (C=O) groups excluding carboxylic acids is 1. The maximum Gasteiger partial charge on any atom is 0.308 e. The summed E-state index contributed by atoms with van der Waals surface area (Å²) in [5.74, 6) is -0.315. The third-order valence-electron chi connectivity index (χ3n) is 1.93. The van der Waals surface area contributed by atoms with Crippen molar-refractivity contribution in [3.63, 3.8) is 0 Å². The monoisotopic (exact) mass is 210 g/mol. The molecule has 2 nitrogen and oxygen atoms in total. The second kappa shape index (κ2) is 4.67. The lowest BCUT2D eigenvalue weighted by molar-refractivity contribution is -0.135. The topological polar surface area (TPSA) is 26.3 Å². The van der Waals surface area contributed by atoms with Gasteiger partial charge in [-0.3, -0.25) is 4.79 Å². The maximum atomic E-state index is 10.6. The van der Waals surface area contributed by atoms with Crippen LogP contribution in [-0.4, -0.2) is 5.97 Å². The zero-order valence-corrected chi connectivity index (χ0v) is 10.9. The van der Waals surface area contributed by atoms with Crippen molar-refractivity contribution in [1.82, 2.24) is 0 Å². The van der Waals surface area contributed by atoms with Crippen molar-refractivity contribution in [2.45, 2.75) is 48.5 Å². The molecule has 0 aromatic rings. The highest BCUT2D eigenvalue weighted by Gasteiger charge is 2.27. The van der Waals surface area contributed by atoms with Crippen LogP contribution in [0.25, 0.3) is 0 Å². The van der Waals surface area contributed by atoms with Gasteiger partial charge in [-0.05, 0) is 16.4 Å². The number of carbonyl (C=O) groups is 1. The Balaban J connectivity index is 5.14. The normalized spacial score (nSPS) is 11.7. The van der Waals surface area contributed by atoms with E-state index in [2.05, 4.69) is 47.3 Å². The van der Waals surface area contributed by atoms with E-state index in [-0.39, 0.29) is 16.8 Å². The number of hydrogen-bond acceptors (Lipinski definition) is 2. The molecule has 0 aliphatic carbocycles. The number of ether oxygens (including phenoxy) is 1. The standard InChI is InChI=1S/C13H22O2/c1-10(14)15-9-8-11(12(2,3)4)13(5,6)7/h9H,1-7H3. The molecular weight excluding hydrogens is 188 g/mol. The summed E-state index contributed by atoms with van der Waals surface area (Å²) in [7, 11) is 0. The van der Waals surface area contributed by atoms with Crippen molar-refractivity contribution in [3.05, 3.63) is 17.6 Å². The maximum absolute atomic E-state index is 10.6. The Morgan fingerprint density at radius 3 is 1.73 bits per heavy atom. The second-order valence-corrected chi connectivity index (χ2v) is 5.75. The Morgan fingerprint density at radius 2 is 1.47 bits per heavy atom. The molecule has 0 amide bonds. The average Bonchev–Trinajstić information content (AvgIpc) is 1.92. The zero-order valence-electron chi connectivity index (χ0n) is 10.9. The predicted molar refractivity (Wildman–Crippen MR) is 62.3 cm³/mol. The molecule has 0 heterocycles. The van der Waals surface area contributed by atoms with Crippen LogP contribution in [0, 0.1) is 10.8 Å². The van der Waals surface area contributed by atoms with Crippen LogP contribution in [0.1, 0.15) is 48.5 Å². The van der Waals surface area contributed by atoms with E-state index in [1.807, 2.05) is 0 Å². The lowest BCUT2D eigenvalue weighted by Crippen LogP contribution is -2.21. The van der Waals surface area contributed by atoms with E-state index < -0.39 is 0 Å². The summed E-state index contributed by atoms with van der Waals surface area (Å²) in [5.41, 5.74) is 4.26.